The van der Waals surface area contributed by atoms with E-state index in [0.29, 0.717) is 24.0 Å². The van der Waals surface area contributed by atoms with Crippen LogP contribution in [0.3, 0.4) is 0 Å². The minimum absolute atomic E-state index is 0. The monoisotopic (exact) mass is 564 g/mol. The van der Waals surface area contributed by atoms with Crippen LogP contribution in [0.1, 0.15) is 129 Å². The van der Waals surface area contributed by atoms with E-state index in [4.69, 9.17) is 4.74 Å². The molecule has 6 heteroatoms. The second-order valence-electron chi connectivity index (χ2n) is 14.1. The molecular weight excluding hydrogens is 504 g/mol. The van der Waals surface area contributed by atoms with Crippen molar-refractivity contribution in [2.24, 2.45) is 29.1 Å². The molecule has 0 amide bonds. The third-order valence-electron chi connectivity index (χ3n) is 11.2. The van der Waals surface area contributed by atoms with E-state index in [0.717, 1.165) is 19.3 Å². The number of fused-ring (bicyclic) bond motifs is 5. The Morgan fingerprint density at radius 2 is 1.57 bits per heavy atom. The topological polar surface area (TPSA) is 104 Å². The van der Waals surface area contributed by atoms with Crippen LogP contribution in [0.5, 0.6) is 0 Å². The SMILES string of the molecule is CCCCCCCCCCCCCC(=O)O[C@@]12C[C@@H](C)[C@]3(O)C4C=C(C)C(=O)[C@@]4(O)CC(CO)=C[C@H]3[C@@H]1C2(C)C.[HH].[HH].[HH]. The van der Waals surface area contributed by atoms with Gasteiger partial charge in [-0.2, -0.15) is 0 Å². The fraction of sp³-hybridized carbons (Fsp3) is 0.824. The van der Waals surface area contributed by atoms with E-state index in [2.05, 4.69) is 20.8 Å². The summed E-state index contributed by atoms with van der Waals surface area (Å²) in [5.41, 5.74) is -3.20. The number of hydrogen-bond acceptors (Lipinski definition) is 6. The molecule has 232 valence electrons. The molecule has 7 atom stereocenters. The molecule has 4 aliphatic rings. The van der Waals surface area contributed by atoms with Crippen molar-refractivity contribution in [3.05, 3.63) is 23.3 Å². The van der Waals surface area contributed by atoms with Gasteiger partial charge in [-0.3, -0.25) is 9.59 Å². The first-order valence-corrected chi connectivity index (χ1v) is 16.1. The van der Waals surface area contributed by atoms with Gasteiger partial charge < -0.3 is 20.1 Å². The number of aliphatic hydroxyl groups excluding tert-OH is 1. The van der Waals surface area contributed by atoms with Crippen molar-refractivity contribution in [2.75, 3.05) is 6.61 Å². The molecule has 0 aliphatic heterocycles. The van der Waals surface area contributed by atoms with Gasteiger partial charge in [-0.25, -0.2) is 0 Å². The largest absolute Gasteiger partial charge is 0.458 e. The summed E-state index contributed by atoms with van der Waals surface area (Å²) in [4.78, 5) is 26.2. The Kier molecular flexibility index (Phi) is 9.44. The van der Waals surface area contributed by atoms with Crippen molar-refractivity contribution in [1.29, 1.82) is 0 Å². The molecular formula is C34H60O6. The first-order chi connectivity index (χ1) is 18.9. The van der Waals surface area contributed by atoms with Gasteiger partial charge in [0, 0.05) is 40.3 Å². The van der Waals surface area contributed by atoms with Crippen molar-refractivity contribution in [2.45, 2.75) is 141 Å². The number of carbonyl (C=O) groups excluding carboxylic acids is 2. The molecule has 2 fully saturated rings. The zero-order valence-corrected chi connectivity index (χ0v) is 25.6. The van der Waals surface area contributed by atoms with E-state index in [-0.39, 0.29) is 46.3 Å². The first kappa shape index (κ1) is 31.4. The molecule has 4 rings (SSSR count). The third kappa shape index (κ3) is 5.26. The van der Waals surface area contributed by atoms with Crippen molar-refractivity contribution in [1.82, 2.24) is 0 Å². The van der Waals surface area contributed by atoms with Gasteiger partial charge in [0.2, 0.25) is 0 Å². The summed E-state index contributed by atoms with van der Waals surface area (Å²) in [6, 6.07) is 0. The van der Waals surface area contributed by atoms with Gasteiger partial charge in [0.25, 0.3) is 0 Å². The molecule has 1 unspecified atom stereocenters. The zero-order chi connectivity index (χ0) is 29.3. The number of esters is 1. The van der Waals surface area contributed by atoms with Crippen molar-refractivity contribution in [3.8, 4) is 0 Å². The highest BCUT2D eigenvalue weighted by atomic mass is 16.6. The lowest BCUT2D eigenvalue weighted by molar-refractivity contribution is -0.187. The van der Waals surface area contributed by atoms with Crippen LogP contribution >= 0.6 is 0 Å². The standard InChI is InChI=1S/C34H54O6.3H2/c1-6-7-8-9-10-11-12-13-14-15-16-17-28(36)40-33-20-24(3)34(39)26(29(33)31(33,4)5)19-25(22-35)21-32(38)27(34)18-23(2)30(32)37;;;/h18-19,24,26-27,29,35,38-39H,6-17,20-22H2,1-5H3;3*1H/t24-,26+,27?,29-,32-,33+,34-;;;/m1.../s1. The first-order valence-electron chi connectivity index (χ1n) is 16.1. The number of carbonyl (C=O) groups is 2. The van der Waals surface area contributed by atoms with E-state index in [1.54, 1.807) is 13.0 Å². The van der Waals surface area contributed by atoms with Crippen LogP contribution in [0.2, 0.25) is 0 Å². The van der Waals surface area contributed by atoms with Gasteiger partial charge >= 0.3 is 5.97 Å². The Morgan fingerprint density at radius 1 is 1.00 bits per heavy atom. The summed E-state index contributed by atoms with van der Waals surface area (Å²) in [7, 11) is 0. The van der Waals surface area contributed by atoms with Crippen molar-refractivity contribution in [3.63, 3.8) is 0 Å². The molecule has 40 heavy (non-hydrogen) atoms. The summed E-state index contributed by atoms with van der Waals surface area (Å²) in [5, 5.41) is 34.2. The number of aliphatic hydroxyl groups is 3. The number of Topliss-reactive ketones (excluding diaryl/α,β-unsaturated/α-hetero) is 1. The van der Waals surface area contributed by atoms with Gasteiger partial charge in [-0.1, -0.05) is 104 Å². The predicted molar refractivity (Wildman–Crippen MR) is 163 cm³/mol. The van der Waals surface area contributed by atoms with Crippen LogP contribution in [-0.4, -0.2) is 50.5 Å². The Bertz CT molecular complexity index is 1030. The molecule has 0 spiro atoms. The molecule has 4 aliphatic carbocycles. The highest BCUT2D eigenvalue weighted by Gasteiger charge is 2.83. The quantitative estimate of drug-likeness (QED) is 0.120. The van der Waals surface area contributed by atoms with E-state index >= 15 is 0 Å². The van der Waals surface area contributed by atoms with Crippen LogP contribution in [0.4, 0.5) is 0 Å². The third-order valence-corrected chi connectivity index (χ3v) is 11.2. The molecule has 2 saturated carbocycles. The summed E-state index contributed by atoms with van der Waals surface area (Å²) < 4.78 is 6.33. The Hall–Kier alpha value is -1.50. The Morgan fingerprint density at radius 3 is 2.15 bits per heavy atom. The average Bonchev–Trinajstić information content (AvgIpc) is 3.31. The summed E-state index contributed by atoms with van der Waals surface area (Å²) in [5.74, 6) is -2.25. The Balaban J connectivity index is 0.00000308. The van der Waals surface area contributed by atoms with Crippen molar-refractivity contribution >= 4 is 11.8 Å². The second-order valence-corrected chi connectivity index (χ2v) is 14.1. The molecule has 0 radical (unpaired) electrons. The van der Waals surface area contributed by atoms with Crippen LogP contribution in [0, 0.1) is 29.1 Å². The molecule has 0 heterocycles. The number of ketones is 1. The lowest BCUT2D eigenvalue weighted by Crippen LogP contribution is -2.61. The van der Waals surface area contributed by atoms with E-state index in [1.807, 2.05) is 13.0 Å². The number of hydrogen-bond donors (Lipinski definition) is 3. The van der Waals surface area contributed by atoms with Gasteiger partial charge in [0.15, 0.2) is 5.78 Å². The van der Waals surface area contributed by atoms with Gasteiger partial charge in [0.1, 0.15) is 11.2 Å². The van der Waals surface area contributed by atoms with Gasteiger partial charge in [-0.05, 0) is 36.8 Å². The summed E-state index contributed by atoms with van der Waals surface area (Å²) in [6.07, 6.45) is 18.0. The Labute approximate surface area is 246 Å². The lowest BCUT2D eigenvalue weighted by atomic mass is 9.60. The van der Waals surface area contributed by atoms with Gasteiger partial charge in [-0.15, -0.1) is 0 Å². The highest BCUT2D eigenvalue weighted by molar-refractivity contribution is 6.04. The molecule has 6 nitrogen and oxygen atoms in total. The normalized spacial score (nSPS) is 37.5. The lowest BCUT2D eigenvalue weighted by Gasteiger charge is -2.50. The minimum Gasteiger partial charge on any atom is -0.458 e. The van der Waals surface area contributed by atoms with Gasteiger partial charge in [0.05, 0.1) is 12.2 Å². The number of rotatable bonds is 14. The average molecular weight is 565 g/mol. The van der Waals surface area contributed by atoms with Crippen LogP contribution in [-0.2, 0) is 14.3 Å². The second kappa shape index (κ2) is 12.0. The molecule has 0 aromatic carbocycles. The summed E-state index contributed by atoms with van der Waals surface area (Å²) >= 11 is 0. The van der Waals surface area contributed by atoms with E-state index < -0.39 is 28.6 Å². The smallest absolute Gasteiger partial charge is 0.306 e. The predicted octanol–water partition coefficient (Wildman–Crippen LogP) is 6.95. The summed E-state index contributed by atoms with van der Waals surface area (Å²) in [6.45, 7) is 9.77. The molecule has 0 bridgehead atoms. The molecule has 3 N–H and O–H groups in total. The fourth-order valence-corrected chi connectivity index (χ4v) is 8.79. The minimum atomic E-state index is -1.76. The van der Waals surface area contributed by atoms with Crippen LogP contribution < -0.4 is 0 Å². The number of ether oxygens (including phenoxy) is 1. The maximum absolute atomic E-state index is 13.1. The zero-order valence-electron chi connectivity index (χ0n) is 25.6. The fourth-order valence-electron chi connectivity index (χ4n) is 8.79. The number of unbranched alkanes of at least 4 members (excludes halogenated alkanes) is 10. The van der Waals surface area contributed by atoms with Crippen LogP contribution in [0.25, 0.3) is 0 Å². The highest BCUT2D eigenvalue weighted by Crippen LogP contribution is 2.76. The molecule has 0 saturated heterocycles. The maximum Gasteiger partial charge on any atom is 0.306 e. The van der Waals surface area contributed by atoms with E-state index in [9.17, 15) is 24.9 Å². The molecule has 0 aromatic heterocycles. The van der Waals surface area contributed by atoms with E-state index in [1.165, 1.54) is 51.4 Å². The van der Waals surface area contributed by atoms with Crippen molar-refractivity contribution < 1.29 is 33.9 Å². The maximum atomic E-state index is 13.1. The van der Waals surface area contributed by atoms with Crippen LogP contribution in [0.15, 0.2) is 23.3 Å². The molecule has 0 aromatic rings.